The highest BCUT2D eigenvalue weighted by Crippen LogP contribution is 2.32. The number of nitrogens with zero attached hydrogens (tertiary/aromatic N) is 2. The zero-order valence-corrected chi connectivity index (χ0v) is 20.0. The fourth-order valence-corrected chi connectivity index (χ4v) is 3.59. The number of anilines is 2. The molecule has 0 heterocycles. The molecule has 2 aromatic carbocycles. The Bertz CT molecular complexity index is 885. The number of amides is 2. The monoisotopic (exact) mass is 423 g/mol. The van der Waals surface area contributed by atoms with Crippen LogP contribution in [0.25, 0.3) is 0 Å². The summed E-state index contributed by atoms with van der Waals surface area (Å²) in [5.74, 6) is 0.0975. The van der Waals surface area contributed by atoms with Gasteiger partial charge in [-0.1, -0.05) is 58.0 Å². The molecule has 1 atom stereocenters. The first kappa shape index (κ1) is 24.4. The van der Waals surface area contributed by atoms with E-state index in [-0.39, 0.29) is 17.9 Å². The molecule has 0 bridgehead atoms. The topological polar surface area (TPSA) is 52.7 Å². The Morgan fingerprint density at radius 3 is 2.23 bits per heavy atom. The molecule has 2 amide bonds. The smallest absolute Gasteiger partial charge is 0.228 e. The lowest BCUT2D eigenvalue weighted by Crippen LogP contribution is -2.40. The lowest BCUT2D eigenvalue weighted by molar-refractivity contribution is -0.142. The largest absolute Gasteiger partial charge is 0.377 e. The van der Waals surface area contributed by atoms with Gasteiger partial charge in [-0.15, -0.1) is 0 Å². The maximum Gasteiger partial charge on any atom is 0.228 e. The summed E-state index contributed by atoms with van der Waals surface area (Å²) >= 11 is 0. The molecule has 0 aliphatic rings. The molecule has 0 unspecified atom stereocenters. The lowest BCUT2D eigenvalue weighted by atomic mass is 9.92. The molecule has 1 N–H and O–H groups in total. The van der Waals surface area contributed by atoms with Crippen molar-refractivity contribution in [1.82, 2.24) is 4.90 Å². The fraction of sp³-hybridized carbons (Fsp3) is 0.462. The average molecular weight is 424 g/mol. The van der Waals surface area contributed by atoms with E-state index in [9.17, 15) is 9.59 Å². The predicted molar refractivity (Wildman–Crippen MR) is 129 cm³/mol. The Hall–Kier alpha value is -2.82. The molecule has 0 aliphatic carbocycles. The highest BCUT2D eigenvalue weighted by Gasteiger charge is 2.31. The van der Waals surface area contributed by atoms with Gasteiger partial charge in [0.05, 0.1) is 6.04 Å². The lowest BCUT2D eigenvalue weighted by Gasteiger charge is -2.35. The van der Waals surface area contributed by atoms with Gasteiger partial charge in [-0.3, -0.25) is 9.59 Å². The van der Waals surface area contributed by atoms with E-state index in [0.717, 1.165) is 28.9 Å². The highest BCUT2D eigenvalue weighted by molar-refractivity contribution is 5.91. The third-order valence-electron chi connectivity index (χ3n) is 5.31. The van der Waals surface area contributed by atoms with E-state index in [4.69, 9.17) is 0 Å². The number of rotatable bonds is 8. The van der Waals surface area contributed by atoms with Gasteiger partial charge in [0.25, 0.3) is 0 Å². The number of nitrogens with one attached hydrogen (secondary N) is 1. The quantitative estimate of drug-likeness (QED) is 0.599. The zero-order valence-electron chi connectivity index (χ0n) is 20.0. The van der Waals surface area contributed by atoms with Gasteiger partial charge in [0.15, 0.2) is 0 Å². The van der Waals surface area contributed by atoms with Gasteiger partial charge in [0.2, 0.25) is 11.8 Å². The van der Waals surface area contributed by atoms with Crippen LogP contribution in [0, 0.1) is 5.41 Å². The minimum atomic E-state index is -0.506. The van der Waals surface area contributed by atoms with Crippen LogP contribution in [0.15, 0.2) is 48.5 Å². The molecule has 0 saturated heterocycles. The van der Waals surface area contributed by atoms with Crippen LogP contribution in [0.1, 0.15) is 64.6 Å². The van der Waals surface area contributed by atoms with Gasteiger partial charge < -0.3 is 15.1 Å². The Morgan fingerprint density at radius 2 is 1.68 bits per heavy atom. The molecule has 5 heteroatoms. The minimum absolute atomic E-state index is 0.00586. The van der Waals surface area contributed by atoms with Crippen molar-refractivity contribution >= 4 is 23.2 Å². The van der Waals surface area contributed by atoms with Crippen LogP contribution in [0.4, 0.5) is 11.4 Å². The number of hydrogen-bond donors (Lipinski definition) is 1. The molecule has 2 rings (SSSR count). The molecule has 0 fully saturated rings. The maximum atomic E-state index is 13.5. The van der Waals surface area contributed by atoms with E-state index in [2.05, 4.69) is 24.4 Å². The van der Waals surface area contributed by atoms with E-state index in [1.807, 2.05) is 88.0 Å². The molecule has 0 aliphatic heterocycles. The summed E-state index contributed by atoms with van der Waals surface area (Å²) in [7, 11) is 3.98. The van der Waals surface area contributed by atoms with Crippen molar-refractivity contribution in [3.63, 3.8) is 0 Å². The zero-order chi connectivity index (χ0) is 23.2. The number of carbonyl (C=O) groups is 2. The summed E-state index contributed by atoms with van der Waals surface area (Å²) in [6, 6.07) is 15.9. The SMILES string of the molecule is CCCC(=O)Nc1ccc(N(C)C)c(CN(C(=O)C(C)(C)C)[C@H](C)c2ccccc2)c1. The van der Waals surface area contributed by atoms with Crippen molar-refractivity contribution in [3.05, 3.63) is 59.7 Å². The van der Waals surface area contributed by atoms with E-state index in [1.165, 1.54) is 0 Å². The van der Waals surface area contributed by atoms with Gasteiger partial charge in [0.1, 0.15) is 0 Å². The van der Waals surface area contributed by atoms with Crippen molar-refractivity contribution in [2.24, 2.45) is 5.41 Å². The van der Waals surface area contributed by atoms with Crippen LogP contribution >= 0.6 is 0 Å². The van der Waals surface area contributed by atoms with E-state index in [1.54, 1.807) is 0 Å². The van der Waals surface area contributed by atoms with Crippen LogP contribution in [-0.2, 0) is 16.1 Å². The maximum absolute atomic E-state index is 13.5. The summed E-state index contributed by atoms with van der Waals surface area (Å²) < 4.78 is 0. The Morgan fingerprint density at radius 1 is 1.03 bits per heavy atom. The molecule has 31 heavy (non-hydrogen) atoms. The van der Waals surface area contributed by atoms with Gasteiger partial charge >= 0.3 is 0 Å². The molecule has 5 nitrogen and oxygen atoms in total. The second kappa shape index (κ2) is 10.5. The fourth-order valence-electron chi connectivity index (χ4n) is 3.59. The Kier molecular flexibility index (Phi) is 8.26. The summed E-state index contributed by atoms with van der Waals surface area (Å²) in [5.41, 5.74) is 3.38. The molecular formula is C26H37N3O2. The summed E-state index contributed by atoms with van der Waals surface area (Å²) in [6.45, 7) is 10.4. The van der Waals surface area contributed by atoms with Crippen molar-refractivity contribution in [3.8, 4) is 0 Å². The van der Waals surface area contributed by atoms with Gasteiger partial charge in [-0.2, -0.15) is 0 Å². The van der Waals surface area contributed by atoms with Gasteiger partial charge in [0, 0.05) is 43.9 Å². The average Bonchev–Trinajstić information content (AvgIpc) is 2.71. The van der Waals surface area contributed by atoms with E-state index < -0.39 is 5.41 Å². The minimum Gasteiger partial charge on any atom is -0.377 e. The predicted octanol–water partition coefficient (Wildman–Crippen LogP) is 5.63. The summed E-state index contributed by atoms with van der Waals surface area (Å²) in [4.78, 5) is 29.5. The van der Waals surface area contributed by atoms with Crippen molar-refractivity contribution in [2.45, 2.75) is 60.0 Å². The Labute approximate surface area is 187 Å². The standard InChI is InChI=1S/C26H37N3O2/c1-8-12-24(30)27-22-15-16-23(28(6)7)21(17-22)18-29(25(31)26(3,4)5)19(2)20-13-10-9-11-14-20/h9-11,13-17,19H,8,12,18H2,1-7H3,(H,27,30)/t19-/m1/s1. The van der Waals surface area contributed by atoms with Crippen molar-refractivity contribution in [1.29, 1.82) is 0 Å². The van der Waals surface area contributed by atoms with Crippen LogP contribution in [-0.4, -0.2) is 30.8 Å². The molecule has 0 aromatic heterocycles. The van der Waals surface area contributed by atoms with Crippen molar-refractivity contribution < 1.29 is 9.59 Å². The number of hydrogen-bond acceptors (Lipinski definition) is 3. The molecule has 0 saturated carbocycles. The second-order valence-corrected chi connectivity index (χ2v) is 9.31. The molecule has 0 spiro atoms. The van der Waals surface area contributed by atoms with Crippen LogP contribution in [0.3, 0.4) is 0 Å². The third-order valence-corrected chi connectivity index (χ3v) is 5.31. The van der Waals surface area contributed by atoms with Crippen LogP contribution in [0.5, 0.6) is 0 Å². The van der Waals surface area contributed by atoms with Gasteiger partial charge in [-0.25, -0.2) is 0 Å². The summed E-state index contributed by atoms with van der Waals surface area (Å²) in [6.07, 6.45) is 1.29. The molecule has 0 radical (unpaired) electrons. The molecule has 168 valence electrons. The molecule has 2 aromatic rings. The first-order valence-corrected chi connectivity index (χ1v) is 11.0. The van der Waals surface area contributed by atoms with E-state index in [0.29, 0.717) is 13.0 Å². The van der Waals surface area contributed by atoms with Crippen molar-refractivity contribution in [2.75, 3.05) is 24.3 Å². The molecular weight excluding hydrogens is 386 g/mol. The van der Waals surface area contributed by atoms with Crippen LogP contribution in [0.2, 0.25) is 0 Å². The summed E-state index contributed by atoms with van der Waals surface area (Å²) in [5, 5.41) is 2.98. The Balaban J connectivity index is 2.46. The third kappa shape index (κ3) is 6.58. The van der Waals surface area contributed by atoms with Crippen LogP contribution < -0.4 is 10.2 Å². The first-order valence-electron chi connectivity index (χ1n) is 11.0. The number of benzene rings is 2. The van der Waals surface area contributed by atoms with Gasteiger partial charge in [-0.05, 0) is 42.7 Å². The normalized spacial score (nSPS) is 12.2. The highest BCUT2D eigenvalue weighted by atomic mass is 16.2. The number of carbonyl (C=O) groups excluding carboxylic acids is 2. The second-order valence-electron chi connectivity index (χ2n) is 9.31. The van der Waals surface area contributed by atoms with E-state index >= 15 is 0 Å². The first-order chi connectivity index (χ1) is 14.5.